The van der Waals surface area contributed by atoms with Gasteiger partial charge >= 0.3 is 5.97 Å². The fourth-order valence-corrected chi connectivity index (χ4v) is 2.63. The van der Waals surface area contributed by atoms with Crippen molar-refractivity contribution in [3.05, 3.63) is 70.1 Å². The van der Waals surface area contributed by atoms with Gasteiger partial charge in [0, 0.05) is 6.07 Å². The molecule has 3 aromatic rings. The molecule has 28 heavy (non-hydrogen) atoms. The van der Waals surface area contributed by atoms with Gasteiger partial charge in [-0.3, -0.25) is 9.59 Å². The van der Waals surface area contributed by atoms with Crippen LogP contribution in [0.4, 0.5) is 5.69 Å². The lowest BCUT2D eigenvalue weighted by atomic mass is 10.1. The van der Waals surface area contributed by atoms with Gasteiger partial charge in [-0.25, -0.2) is 4.79 Å². The van der Waals surface area contributed by atoms with Crippen LogP contribution in [0.3, 0.4) is 0 Å². The number of nitrogens with one attached hydrogen (secondary N) is 1. The highest BCUT2D eigenvalue weighted by atomic mass is 16.6. The summed E-state index contributed by atoms with van der Waals surface area (Å²) < 4.78 is 15.8. The van der Waals surface area contributed by atoms with Gasteiger partial charge in [0.15, 0.2) is 11.5 Å². The number of rotatable bonds is 5. The van der Waals surface area contributed by atoms with E-state index in [-0.39, 0.29) is 16.8 Å². The van der Waals surface area contributed by atoms with E-state index in [1.54, 1.807) is 42.5 Å². The fourth-order valence-electron chi connectivity index (χ4n) is 2.63. The first-order chi connectivity index (χ1) is 13.4. The van der Waals surface area contributed by atoms with Crippen LogP contribution in [0.25, 0.3) is 11.0 Å². The molecule has 1 N–H and O–H groups in total. The third-order valence-electron chi connectivity index (χ3n) is 4.10. The van der Waals surface area contributed by atoms with E-state index in [1.165, 1.54) is 14.0 Å². The number of ether oxygens (including phenoxy) is 2. The molecule has 0 saturated heterocycles. The molecule has 1 aromatic heterocycles. The van der Waals surface area contributed by atoms with Crippen molar-refractivity contribution in [3.8, 4) is 5.75 Å². The lowest BCUT2D eigenvalue weighted by Crippen LogP contribution is -2.30. The van der Waals surface area contributed by atoms with Crippen LogP contribution in [0, 0.1) is 6.92 Å². The minimum absolute atomic E-state index is 0.265. The lowest BCUT2D eigenvalue weighted by molar-refractivity contribution is -0.123. The smallest absolute Gasteiger partial charge is 0.375 e. The highest BCUT2D eigenvalue weighted by molar-refractivity contribution is 5.97. The Morgan fingerprint density at radius 2 is 1.86 bits per heavy atom. The van der Waals surface area contributed by atoms with E-state index in [9.17, 15) is 14.4 Å². The second kappa shape index (κ2) is 7.96. The normalized spacial score (nSPS) is 11.7. The number of hydrogen-bond donors (Lipinski definition) is 1. The fraction of sp³-hybridized carbons (Fsp3) is 0.190. The molecule has 0 aliphatic carbocycles. The largest absolute Gasteiger partial charge is 0.495 e. The van der Waals surface area contributed by atoms with E-state index in [4.69, 9.17) is 13.9 Å². The highest BCUT2D eigenvalue weighted by Crippen LogP contribution is 2.23. The number of esters is 1. The molecule has 0 aliphatic heterocycles. The number of benzene rings is 2. The van der Waals surface area contributed by atoms with Gasteiger partial charge in [-0.1, -0.05) is 23.8 Å². The number of carbonyl (C=O) groups is 2. The van der Waals surface area contributed by atoms with E-state index < -0.39 is 18.0 Å². The summed E-state index contributed by atoms with van der Waals surface area (Å²) in [5.41, 5.74) is 1.27. The first kappa shape index (κ1) is 19.2. The SMILES string of the molecule is COc1ccccc1NC(=O)[C@H](C)OC(=O)c1cc(=O)c2cc(C)ccc2o1. The Hall–Kier alpha value is -3.61. The maximum atomic E-state index is 12.3. The predicted octanol–water partition coefficient (Wildman–Crippen LogP) is 3.29. The van der Waals surface area contributed by atoms with Gasteiger partial charge in [0.05, 0.1) is 18.2 Å². The lowest BCUT2D eigenvalue weighted by Gasteiger charge is -2.15. The van der Waals surface area contributed by atoms with Gasteiger partial charge in [0.25, 0.3) is 5.91 Å². The van der Waals surface area contributed by atoms with Crippen molar-refractivity contribution < 1.29 is 23.5 Å². The van der Waals surface area contributed by atoms with Crippen LogP contribution < -0.4 is 15.5 Å². The molecule has 2 aromatic carbocycles. The molecule has 7 nitrogen and oxygen atoms in total. The maximum absolute atomic E-state index is 12.3. The van der Waals surface area contributed by atoms with Crippen LogP contribution in [0.2, 0.25) is 0 Å². The number of para-hydroxylation sites is 2. The molecule has 0 spiro atoms. The average molecular weight is 381 g/mol. The zero-order chi connectivity index (χ0) is 20.3. The van der Waals surface area contributed by atoms with Crippen molar-refractivity contribution in [1.29, 1.82) is 0 Å². The Bertz CT molecular complexity index is 1100. The third kappa shape index (κ3) is 4.03. The van der Waals surface area contributed by atoms with Crippen LogP contribution in [-0.4, -0.2) is 25.1 Å². The summed E-state index contributed by atoms with van der Waals surface area (Å²) in [6.45, 7) is 3.27. The van der Waals surface area contributed by atoms with Crippen molar-refractivity contribution in [2.24, 2.45) is 0 Å². The molecule has 0 aliphatic rings. The van der Waals surface area contributed by atoms with Crippen molar-refractivity contribution in [1.82, 2.24) is 0 Å². The minimum Gasteiger partial charge on any atom is -0.495 e. The molecule has 144 valence electrons. The van der Waals surface area contributed by atoms with Gasteiger partial charge in [0.1, 0.15) is 11.3 Å². The van der Waals surface area contributed by atoms with E-state index >= 15 is 0 Å². The molecular weight excluding hydrogens is 362 g/mol. The second-order valence-electron chi connectivity index (χ2n) is 6.21. The molecule has 1 atom stereocenters. The third-order valence-corrected chi connectivity index (χ3v) is 4.10. The van der Waals surface area contributed by atoms with Crippen molar-refractivity contribution in [2.75, 3.05) is 12.4 Å². The van der Waals surface area contributed by atoms with E-state index in [1.807, 2.05) is 6.92 Å². The summed E-state index contributed by atoms with van der Waals surface area (Å²) in [6.07, 6.45) is -1.11. The van der Waals surface area contributed by atoms with Crippen molar-refractivity contribution >= 4 is 28.5 Å². The molecule has 7 heteroatoms. The number of hydrogen-bond acceptors (Lipinski definition) is 6. The maximum Gasteiger partial charge on any atom is 0.375 e. The van der Waals surface area contributed by atoms with Crippen LogP contribution in [0.5, 0.6) is 5.75 Å². The summed E-state index contributed by atoms with van der Waals surface area (Å²) in [7, 11) is 1.48. The average Bonchev–Trinajstić information content (AvgIpc) is 2.68. The standard InChI is InChI=1S/C21H19NO6/c1-12-8-9-17-14(10-12)16(23)11-19(28-17)21(25)27-13(2)20(24)22-15-6-4-5-7-18(15)26-3/h4-11,13H,1-3H3,(H,22,24)/t13-/m0/s1. The van der Waals surface area contributed by atoms with Gasteiger partial charge < -0.3 is 19.2 Å². The van der Waals surface area contributed by atoms with E-state index in [2.05, 4.69) is 5.32 Å². The first-order valence-electron chi connectivity index (χ1n) is 8.58. The zero-order valence-electron chi connectivity index (χ0n) is 15.6. The Labute approximate surface area is 160 Å². The summed E-state index contributed by atoms with van der Waals surface area (Å²) in [6, 6.07) is 13.0. The Morgan fingerprint density at radius 1 is 1.11 bits per heavy atom. The molecule has 0 bridgehead atoms. The molecule has 1 heterocycles. The van der Waals surface area contributed by atoms with Gasteiger partial charge in [0.2, 0.25) is 5.76 Å². The number of anilines is 1. The van der Waals surface area contributed by atoms with Crippen molar-refractivity contribution in [2.45, 2.75) is 20.0 Å². The molecule has 3 rings (SSSR count). The second-order valence-corrected chi connectivity index (χ2v) is 6.21. The highest BCUT2D eigenvalue weighted by Gasteiger charge is 2.22. The molecule has 0 fully saturated rings. The summed E-state index contributed by atoms with van der Waals surface area (Å²) >= 11 is 0. The van der Waals surface area contributed by atoms with Crippen molar-refractivity contribution in [3.63, 3.8) is 0 Å². The van der Waals surface area contributed by atoms with Crippen LogP contribution in [-0.2, 0) is 9.53 Å². The van der Waals surface area contributed by atoms with Gasteiger partial charge in [-0.05, 0) is 38.1 Å². The number of fused-ring (bicyclic) bond motifs is 1. The first-order valence-corrected chi connectivity index (χ1v) is 8.58. The van der Waals surface area contributed by atoms with Gasteiger partial charge in [-0.2, -0.15) is 0 Å². The molecule has 1 amide bonds. The Morgan fingerprint density at radius 3 is 2.61 bits per heavy atom. The molecule has 0 radical (unpaired) electrons. The number of amides is 1. The Balaban J connectivity index is 1.75. The summed E-state index contributed by atoms with van der Waals surface area (Å²) in [5, 5.41) is 3.01. The monoisotopic (exact) mass is 381 g/mol. The number of methoxy groups -OCH3 is 1. The Kier molecular flexibility index (Phi) is 5.44. The zero-order valence-corrected chi connectivity index (χ0v) is 15.6. The van der Waals surface area contributed by atoms with E-state index in [0.717, 1.165) is 11.6 Å². The molecule has 0 saturated carbocycles. The topological polar surface area (TPSA) is 94.8 Å². The summed E-state index contributed by atoms with van der Waals surface area (Å²) in [5.74, 6) is -1.23. The minimum atomic E-state index is -1.11. The molecular formula is C21H19NO6. The molecule has 0 unspecified atom stereocenters. The van der Waals surface area contributed by atoms with E-state index in [0.29, 0.717) is 16.8 Å². The quantitative estimate of drug-likeness (QED) is 0.682. The van der Waals surface area contributed by atoms with Crippen LogP contribution in [0.1, 0.15) is 23.0 Å². The predicted molar refractivity (Wildman–Crippen MR) is 104 cm³/mol. The number of carbonyl (C=O) groups excluding carboxylic acids is 2. The van der Waals surface area contributed by atoms with Gasteiger partial charge in [-0.15, -0.1) is 0 Å². The van der Waals surface area contributed by atoms with Crippen LogP contribution >= 0.6 is 0 Å². The number of aryl methyl sites for hydroxylation is 1. The summed E-state index contributed by atoms with van der Waals surface area (Å²) in [4.78, 5) is 36.9. The van der Waals surface area contributed by atoms with Crippen LogP contribution in [0.15, 0.2) is 57.7 Å².